The maximum Gasteiger partial charge on any atom is 0.326 e. The largest absolute Gasteiger partial charge is 0.348 e. The Bertz CT molecular complexity index is 1160. The zero-order chi connectivity index (χ0) is 23.6. The van der Waals surface area contributed by atoms with Crippen LogP contribution in [0.4, 0.5) is 4.79 Å². The van der Waals surface area contributed by atoms with Crippen LogP contribution in [0.2, 0.25) is 10.0 Å². The number of nitrogens with zero attached hydrogens (tertiary/aromatic N) is 1. The third kappa shape index (κ3) is 4.32. The summed E-state index contributed by atoms with van der Waals surface area (Å²) in [5, 5.41) is 6.52. The maximum atomic E-state index is 13.6. The highest BCUT2D eigenvalue weighted by atomic mass is 35.5. The lowest BCUT2D eigenvalue weighted by molar-refractivity contribution is -0.134. The van der Waals surface area contributed by atoms with Crippen molar-refractivity contribution in [2.24, 2.45) is 0 Å². The highest BCUT2D eigenvalue weighted by molar-refractivity contribution is 6.35. The number of carbonyl (C=O) groups is 3. The molecule has 1 atom stereocenters. The van der Waals surface area contributed by atoms with Gasteiger partial charge in [-0.1, -0.05) is 89.9 Å². The van der Waals surface area contributed by atoms with Crippen LogP contribution in [-0.4, -0.2) is 29.3 Å². The van der Waals surface area contributed by atoms with Crippen LogP contribution in [0.25, 0.3) is 0 Å². The van der Waals surface area contributed by atoms with Gasteiger partial charge in [0.2, 0.25) is 5.91 Å². The van der Waals surface area contributed by atoms with Gasteiger partial charge in [-0.3, -0.25) is 14.5 Å². The third-order valence-corrected chi connectivity index (χ3v) is 6.19. The Kier molecular flexibility index (Phi) is 6.40. The van der Waals surface area contributed by atoms with E-state index in [0.717, 1.165) is 4.90 Å². The molecule has 1 aliphatic rings. The molecule has 0 aromatic heterocycles. The smallest absolute Gasteiger partial charge is 0.326 e. The summed E-state index contributed by atoms with van der Waals surface area (Å²) in [5.74, 6) is -1.01. The quantitative estimate of drug-likeness (QED) is 0.502. The van der Waals surface area contributed by atoms with E-state index in [1.807, 2.05) is 12.1 Å². The van der Waals surface area contributed by atoms with E-state index in [0.29, 0.717) is 26.7 Å². The standard InChI is InChI=1S/C25H21Cl2N3O3/c1-16(20-13-12-19(26)14-21(20)27)28-22(31)15-30-23(32)25(29-24(30)33,17-8-4-2-5-9-17)18-10-6-3-7-11-18/h2-14,16H,15H2,1H3,(H,28,31)(H,29,33)/t16-/m0/s1. The lowest BCUT2D eigenvalue weighted by atomic mass is 9.82. The first-order valence-corrected chi connectivity index (χ1v) is 11.1. The molecule has 33 heavy (non-hydrogen) atoms. The van der Waals surface area contributed by atoms with Crippen molar-refractivity contribution in [1.82, 2.24) is 15.5 Å². The number of hydrogen-bond acceptors (Lipinski definition) is 3. The van der Waals surface area contributed by atoms with Crippen LogP contribution in [0.15, 0.2) is 78.9 Å². The van der Waals surface area contributed by atoms with Gasteiger partial charge in [0.15, 0.2) is 5.54 Å². The number of hydrogen-bond donors (Lipinski definition) is 2. The Hall–Kier alpha value is -3.35. The van der Waals surface area contributed by atoms with Gasteiger partial charge in [-0.2, -0.15) is 0 Å². The minimum absolute atomic E-state index is 0.414. The van der Waals surface area contributed by atoms with Gasteiger partial charge in [0.1, 0.15) is 6.54 Å². The summed E-state index contributed by atoms with van der Waals surface area (Å²) in [4.78, 5) is 40.3. The molecule has 1 aliphatic heterocycles. The lowest BCUT2D eigenvalue weighted by Gasteiger charge is -2.28. The molecule has 0 unspecified atom stereocenters. The van der Waals surface area contributed by atoms with Gasteiger partial charge in [-0.05, 0) is 35.7 Å². The van der Waals surface area contributed by atoms with Gasteiger partial charge in [-0.25, -0.2) is 4.79 Å². The number of benzene rings is 3. The fourth-order valence-electron chi connectivity index (χ4n) is 4.02. The second-order valence-electron chi connectivity index (χ2n) is 7.76. The van der Waals surface area contributed by atoms with Crippen molar-refractivity contribution < 1.29 is 14.4 Å². The minimum atomic E-state index is -1.41. The first-order chi connectivity index (χ1) is 15.8. The number of amides is 4. The van der Waals surface area contributed by atoms with Gasteiger partial charge < -0.3 is 10.6 Å². The Balaban J connectivity index is 1.59. The molecular weight excluding hydrogens is 461 g/mol. The molecule has 8 heteroatoms. The van der Waals surface area contributed by atoms with Crippen molar-refractivity contribution in [3.05, 3.63) is 106 Å². The lowest BCUT2D eigenvalue weighted by Crippen LogP contribution is -2.46. The van der Waals surface area contributed by atoms with E-state index in [1.54, 1.807) is 73.7 Å². The van der Waals surface area contributed by atoms with Crippen LogP contribution in [0.3, 0.4) is 0 Å². The van der Waals surface area contributed by atoms with Crippen LogP contribution < -0.4 is 10.6 Å². The molecule has 168 valence electrons. The first-order valence-electron chi connectivity index (χ1n) is 10.3. The summed E-state index contributed by atoms with van der Waals surface area (Å²) in [6.07, 6.45) is 0. The topological polar surface area (TPSA) is 78.5 Å². The van der Waals surface area contributed by atoms with E-state index in [1.165, 1.54) is 0 Å². The summed E-state index contributed by atoms with van der Waals surface area (Å²) in [7, 11) is 0. The number of carbonyl (C=O) groups excluding carboxylic acids is 3. The predicted octanol–water partition coefficient (Wildman–Crippen LogP) is 4.67. The second-order valence-corrected chi connectivity index (χ2v) is 8.60. The molecule has 1 saturated heterocycles. The van der Waals surface area contributed by atoms with Crippen molar-refractivity contribution in [2.45, 2.75) is 18.5 Å². The van der Waals surface area contributed by atoms with Crippen LogP contribution in [0.1, 0.15) is 29.7 Å². The second kappa shape index (κ2) is 9.25. The van der Waals surface area contributed by atoms with Gasteiger partial charge in [-0.15, -0.1) is 0 Å². The van der Waals surface area contributed by atoms with Gasteiger partial charge in [0.05, 0.1) is 6.04 Å². The van der Waals surface area contributed by atoms with Crippen molar-refractivity contribution >= 4 is 41.0 Å². The molecule has 4 amide bonds. The first kappa shape index (κ1) is 22.8. The molecule has 3 aromatic carbocycles. The Morgan fingerprint density at radius 1 is 0.970 bits per heavy atom. The van der Waals surface area contributed by atoms with Crippen LogP contribution in [-0.2, 0) is 15.1 Å². The Morgan fingerprint density at radius 2 is 1.55 bits per heavy atom. The Morgan fingerprint density at radius 3 is 2.09 bits per heavy atom. The normalized spacial score (nSPS) is 15.8. The van der Waals surface area contributed by atoms with E-state index in [2.05, 4.69) is 10.6 Å². The van der Waals surface area contributed by atoms with Crippen molar-refractivity contribution in [3.8, 4) is 0 Å². The molecule has 0 saturated carbocycles. The molecule has 0 radical (unpaired) electrons. The average molecular weight is 482 g/mol. The van der Waals surface area contributed by atoms with Crippen LogP contribution in [0.5, 0.6) is 0 Å². The summed E-state index contributed by atoms with van der Waals surface area (Å²) in [5.41, 5.74) is 0.484. The van der Waals surface area contributed by atoms with E-state index in [9.17, 15) is 14.4 Å². The minimum Gasteiger partial charge on any atom is -0.348 e. The Labute approximate surface area is 201 Å². The number of rotatable bonds is 6. The zero-order valence-corrected chi connectivity index (χ0v) is 19.2. The molecular formula is C25H21Cl2N3O3. The van der Waals surface area contributed by atoms with E-state index < -0.39 is 36.0 Å². The highest BCUT2D eigenvalue weighted by Gasteiger charge is 2.54. The molecule has 1 fully saturated rings. The monoisotopic (exact) mass is 481 g/mol. The molecule has 0 aliphatic carbocycles. The number of urea groups is 1. The number of halogens is 2. The van der Waals surface area contributed by atoms with Gasteiger partial charge in [0, 0.05) is 10.0 Å². The van der Waals surface area contributed by atoms with Crippen molar-refractivity contribution in [1.29, 1.82) is 0 Å². The molecule has 6 nitrogen and oxygen atoms in total. The van der Waals surface area contributed by atoms with Crippen LogP contribution >= 0.6 is 23.2 Å². The van der Waals surface area contributed by atoms with Crippen molar-refractivity contribution in [2.75, 3.05) is 6.54 Å². The predicted molar refractivity (Wildman–Crippen MR) is 127 cm³/mol. The summed E-state index contributed by atoms with van der Waals surface area (Å²) < 4.78 is 0. The molecule has 4 rings (SSSR count). The van der Waals surface area contributed by atoms with Crippen LogP contribution in [0, 0.1) is 0 Å². The van der Waals surface area contributed by atoms with Crippen molar-refractivity contribution in [3.63, 3.8) is 0 Å². The van der Waals surface area contributed by atoms with E-state index in [4.69, 9.17) is 23.2 Å². The SMILES string of the molecule is C[C@H](NC(=O)CN1C(=O)NC(c2ccccc2)(c2ccccc2)C1=O)c1ccc(Cl)cc1Cl. The molecule has 0 spiro atoms. The third-order valence-electron chi connectivity index (χ3n) is 5.63. The summed E-state index contributed by atoms with van der Waals surface area (Å²) >= 11 is 12.2. The van der Waals surface area contributed by atoms with Gasteiger partial charge in [0.25, 0.3) is 5.91 Å². The summed E-state index contributed by atoms with van der Waals surface area (Å²) in [6.45, 7) is 1.33. The molecule has 3 aromatic rings. The summed E-state index contributed by atoms with van der Waals surface area (Å²) in [6, 6.07) is 21.9. The fourth-order valence-corrected chi connectivity index (χ4v) is 4.59. The molecule has 1 heterocycles. The molecule has 0 bridgehead atoms. The number of imide groups is 1. The number of nitrogens with one attached hydrogen (secondary N) is 2. The molecule has 2 N–H and O–H groups in total. The zero-order valence-electron chi connectivity index (χ0n) is 17.7. The fraction of sp³-hybridized carbons (Fsp3) is 0.160. The van der Waals surface area contributed by atoms with E-state index in [-0.39, 0.29) is 0 Å². The average Bonchev–Trinajstić information content (AvgIpc) is 3.05. The van der Waals surface area contributed by atoms with Gasteiger partial charge >= 0.3 is 6.03 Å². The van der Waals surface area contributed by atoms with E-state index >= 15 is 0 Å². The highest BCUT2D eigenvalue weighted by Crippen LogP contribution is 2.36. The maximum absolute atomic E-state index is 13.6.